The molecule has 100 valence electrons. The van der Waals surface area contributed by atoms with Crippen molar-refractivity contribution in [2.75, 3.05) is 19.6 Å². The second-order valence-corrected chi connectivity index (χ2v) is 6.26. The van der Waals surface area contributed by atoms with Crippen molar-refractivity contribution >= 4 is 17.3 Å². The number of thiazole rings is 1. The standard InChI is InChI=1S/C13H20N2O2S/c1-10-11(18-9-14-10)3-6-15-7-4-13(2,5-8-15)12(16)17/h9H,3-8H2,1-2H3,(H,16,17). The first-order valence-corrected chi connectivity index (χ1v) is 7.24. The van der Waals surface area contributed by atoms with Crippen molar-refractivity contribution in [1.29, 1.82) is 0 Å². The van der Waals surface area contributed by atoms with Crippen LogP contribution in [-0.2, 0) is 11.2 Å². The summed E-state index contributed by atoms with van der Waals surface area (Å²) < 4.78 is 0. The zero-order chi connectivity index (χ0) is 13.2. The third-order valence-corrected chi connectivity index (χ3v) is 4.97. The molecule has 1 aliphatic heterocycles. The maximum absolute atomic E-state index is 11.1. The molecule has 18 heavy (non-hydrogen) atoms. The van der Waals surface area contributed by atoms with Crippen molar-refractivity contribution in [2.24, 2.45) is 5.41 Å². The molecular weight excluding hydrogens is 248 g/mol. The van der Waals surface area contributed by atoms with E-state index in [4.69, 9.17) is 0 Å². The summed E-state index contributed by atoms with van der Waals surface area (Å²) in [5.74, 6) is -0.652. The largest absolute Gasteiger partial charge is 0.481 e. The van der Waals surface area contributed by atoms with Gasteiger partial charge in [-0.05, 0) is 46.2 Å². The van der Waals surface area contributed by atoms with Crippen LogP contribution in [-0.4, -0.2) is 40.6 Å². The minimum absolute atomic E-state index is 0.517. The second kappa shape index (κ2) is 5.36. The number of piperidine rings is 1. The quantitative estimate of drug-likeness (QED) is 0.909. The molecule has 0 aromatic carbocycles. The Morgan fingerprint density at radius 3 is 2.72 bits per heavy atom. The molecule has 0 aliphatic carbocycles. The molecule has 2 heterocycles. The Morgan fingerprint density at radius 1 is 1.56 bits per heavy atom. The number of aliphatic carboxylic acids is 1. The van der Waals surface area contributed by atoms with E-state index in [0.29, 0.717) is 0 Å². The van der Waals surface area contributed by atoms with E-state index in [9.17, 15) is 9.90 Å². The minimum atomic E-state index is -0.652. The summed E-state index contributed by atoms with van der Waals surface area (Å²) in [7, 11) is 0. The Kier molecular flexibility index (Phi) is 4.02. The molecule has 1 aliphatic rings. The summed E-state index contributed by atoms with van der Waals surface area (Å²) in [6.07, 6.45) is 2.54. The predicted octanol–water partition coefficient (Wildman–Crippen LogP) is 2.18. The number of carboxylic acids is 1. The normalized spacial score (nSPS) is 19.9. The molecule has 0 spiro atoms. The van der Waals surface area contributed by atoms with E-state index < -0.39 is 11.4 Å². The maximum atomic E-state index is 11.1. The maximum Gasteiger partial charge on any atom is 0.309 e. The molecule has 1 N–H and O–H groups in total. The second-order valence-electron chi connectivity index (χ2n) is 5.32. The molecule has 0 atom stereocenters. The summed E-state index contributed by atoms with van der Waals surface area (Å²) in [6.45, 7) is 6.70. The van der Waals surface area contributed by atoms with Crippen LogP contribution < -0.4 is 0 Å². The van der Waals surface area contributed by atoms with E-state index >= 15 is 0 Å². The summed E-state index contributed by atoms with van der Waals surface area (Å²) in [4.78, 5) is 19.1. The van der Waals surface area contributed by atoms with Crippen molar-refractivity contribution < 1.29 is 9.90 Å². The van der Waals surface area contributed by atoms with E-state index in [2.05, 4.69) is 9.88 Å². The monoisotopic (exact) mass is 268 g/mol. The highest BCUT2D eigenvalue weighted by atomic mass is 32.1. The van der Waals surface area contributed by atoms with Gasteiger partial charge in [0.25, 0.3) is 0 Å². The fourth-order valence-corrected chi connectivity index (χ4v) is 3.08. The lowest BCUT2D eigenvalue weighted by atomic mass is 9.80. The van der Waals surface area contributed by atoms with Crippen molar-refractivity contribution in [1.82, 2.24) is 9.88 Å². The number of likely N-dealkylation sites (tertiary alicyclic amines) is 1. The minimum Gasteiger partial charge on any atom is -0.481 e. The van der Waals surface area contributed by atoms with E-state index in [1.807, 2.05) is 19.4 Å². The first-order chi connectivity index (χ1) is 8.51. The topological polar surface area (TPSA) is 53.4 Å². The number of carbonyl (C=O) groups is 1. The van der Waals surface area contributed by atoms with Crippen LogP contribution in [0, 0.1) is 12.3 Å². The van der Waals surface area contributed by atoms with Crippen LogP contribution in [0.25, 0.3) is 0 Å². The Hall–Kier alpha value is -0.940. The predicted molar refractivity (Wildman–Crippen MR) is 72.0 cm³/mol. The molecule has 1 fully saturated rings. The molecule has 0 radical (unpaired) electrons. The molecule has 0 unspecified atom stereocenters. The van der Waals surface area contributed by atoms with Crippen LogP contribution in [0.1, 0.15) is 30.3 Å². The highest BCUT2D eigenvalue weighted by Crippen LogP contribution is 2.31. The molecule has 1 saturated heterocycles. The number of hydrogen-bond donors (Lipinski definition) is 1. The summed E-state index contributed by atoms with van der Waals surface area (Å²) >= 11 is 1.71. The molecule has 0 bridgehead atoms. The van der Waals surface area contributed by atoms with Crippen LogP contribution in [0.3, 0.4) is 0 Å². The number of aryl methyl sites for hydroxylation is 1. The average Bonchev–Trinajstić information content (AvgIpc) is 2.74. The Balaban J connectivity index is 1.81. The van der Waals surface area contributed by atoms with Crippen LogP contribution in [0.2, 0.25) is 0 Å². The van der Waals surface area contributed by atoms with Crippen LogP contribution in [0.4, 0.5) is 0 Å². The van der Waals surface area contributed by atoms with E-state index in [1.54, 1.807) is 11.3 Å². The number of hydrogen-bond acceptors (Lipinski definition) is 4. The van der Waals surface area contributed by atoms with E-state index in [1.165, 1.54) is 4.88 Å². The highest BCUT2D eigenvalue weighted by Gasteiger charge is 2.36. The Morgan fingerprint density at radius 2 is 2.22 bits per heavy atom. The van der Waals surface area contributed by atoms with Gasteiger partial charge in [-0.25, -0.2) is 4.98 Å². The van der Waals surface area contributed by atoms with Gasteiger partial charge in [0.2, 0.25) is 0 Å². The summed E-state index contributed by atoms with van der Waals surface area (Å²) in [5, 5.41) is 9.18. The van der Waals surface area contributed by atoms with E-state index in [-0.39, 0.29) is 0 Å². The first kappa shape index (κ1) is 13.5. The van der Waals surface area contributed by atoms with Gasteiger partial charge < -0.3 is 10.0 Å². The fraction of sp³-hybridized carbons (Fsp3) is 0.692. The van der Waals surface area contributed by atoms with Crippen LogP contribution in [0.5, 0.6) is 0 Å². The zero-order valence-corrected chi connectivity index (χ0v) is 11.8. The highest BCUT2D eigenvalue weighted by molar-refractivity contribution is 7.09. The number of carboxylic acid groups (broad SMARTS) is 1. The molecule has 1 aromatic rings. The average molecular weight is 268 g/mol. The third kappa shape index (κ3) is 2.90. The molecule has 4 nitrogen and oxygen atoms in total. The van der Waals surface area contributed by atoms with E-state index in [0.717, 1.165) is 44.6 Å². The van der Waals surface area contributed by atoms with Gasteiger partial charge >= 0.3 is 5.97 Å². The van der Waals surface area contributed by atoms with Gasteiger partial charge in [0.05, 0.1) is 16.6 Å². The van der Waals surface area contributed by atoms with Gasteiger partial charge in [-0.1, -0.05) is 0 Å². The molecule has 5 heteroatoms. The number of nitrogens with zero attached hydrogens (tertiary/aromatic N) is 2. The van der Waals surface area contributed by atoms with Crippen LogP contribution in [0.15, 0.2) is 5.51 Å². The number of rotatable bonds is 4. The molecule has 0 amide bonds. The fourth-order valence-electron chi connectivity index (χ4n) is 2.31. The smallest absolute Gasteiger partial charge is 0.309 e. The lowest BCUT2D eigenvalue weighted by Crippen LogP contribution is -2.43. The van der Waals surface area contributed by atoms with Crippen molar-refractivity contribution in [3.63, 3.8) is 0 Å². The third-order valence-electron chi connectivity index (χ3n) is 3.98. The lowest BCUT2D eigenvalue weighted by Gasteiger charge is -2.36. The SMILES string of the molecule is Cc1ncsc1CCN1CCC(C)(C(=O)O)CC1. The van der Waals surface area contributed by atoms with Gasteiger partial charge in [-0.2, -0.15) is 0 Å². The van der Waals surface area contributed by atoms with Gasteiger partial charge in [0.1, 0.15) is 0 Å². The zero-order valence-electron chi connectivity index (χ0n) is 11.0. The van der Waals surface area contributed by atoms with Gasteiger partial charge in [-0.15, -0.1) is 11.3 Å². The van der Waals surface area contributed by atoms with Gasteiger partial charge in [-0.3, -0.25) is 4.79 Å². The van der Waals surface area contributed by atoms with Gasteiger partial charge in [0.15, 0.2) is 0 Å². The van der Waals surface area contributed by atoms with Crippen molar-refractivity contribution in [3.8, 4) is 0 Å². The van der Waals surface area contributed by atoms with Crippen molar-refractivity contribution in [2.45, 2.75) is 33.1 Å². The van der Waals surface area contributed by atoms with Crippen molar-refractivity contribution in [3.05, 3.63) is 16.1 Å². The van der Waals surface area contributed by atoms with Gasteiger partial charge in [0, 0.05) is 11.4 Å². The summed E-state index contributed by atoms with van der Waals surface area (Å²) in [6, 6.07) is 0. The Bertz CT molecular complexity index is 422. The molecular formula is C13H20N2O2S. The Labute approximate surface area is 112 Å². The van der Waals surface area contributed by atoms with Crippen LogP contribution >= 0.6 is 11.3 Å². The first-order valence-electron chi connectivity index (χ1n) is 6.36. The summed E-state index contributed by atoms with van der Waals surface area (Å²) in [5.41, 5.74) is 2.51. The lowest BCUT2D eigenvalue weighted by molar-refractivity contribution is -0.150. The number of aromatic nitrogens is 1. The molecule has 0 saturated carbocycles. The molecule has 1 aromatic heterocycles. The molecule has 2 rings (SSSR count).